The zero-order valence-electron chi connectivity index (χ0n) is 10.2. The smallest absolute Gasteiger partial charge is 0.304 e. The van der Waals surface area contributed by atoms with Gasteiger partial charge in [0, 0.05) is 32.2 Å². The van der Waals surface area contributed by atoms with E-state index in [0.717, 1.165) is 13.1 Å². The minimum Gasteiger partial charge on any atom is -0.304 e. The molecule has 0 amide bonds. The Bertz CT molecular complexity index is 445. The maximum atomic E-state index is 12.5. The van der Waals surface area contributed by atoms with Gasteiger partial charge in [-0.05, 0) is 7.05 Å². The molecule has 1 aliphatic heterocycles. The van der Waals surface area contributed by atoms with Gasteiger partial charge in [0.2, 0.25) is 5.82 Å². The number of anilines is 1. The van der Waals surface area contributed by atoms with Crippen LogP contribution in [0.15, 0.2) is 6.07 Å². The first-order valence-electron chi connectivity index (χ1n) is 5.66. The van der Waals surface area contributed by atoms with Crippen LogP contribution in [0.5, 0.6) is 0 Å². The fraction of sp³-hybridized carbons (Fsp3) is 0.600. The summed E-state index contributed by atoms with van der Waals surface area (Å²) in [6.07, 6.45) is -4.61. The van der Waals surface area contributed by atoms with Crippen molar-refractivity contribution < 1.29 is 13.2 Å². The average Bonchev–Trinajstić information content (AvgIpc) is 2.30. The van der Waals surface area contributed by atoms with Crippen LogP contribution >= 0.6 is 11.6 Å². The van der Waals surface area contributed by atoms with E-state index in [1.807, 2.05) is 7.05 Å². The number of hydrazine groups is 1. The molecule has 0 aliphatic carbocycles. The average molecular weight is 296 g/mol. The van der Waals surface area contributed by atoms with Crippen molar-refractivity contribution in [2.45, 2.75) is 6.18 Å². The summed E-state index contributed by atoms with van der Waals surface area (Å²) in [4.78, 5) is 8.74. The van der Waals surface area contributed by atoms with Crippen molar-refractivity contribution in [3.8, 4) is 0 Å². The molecule has 0 bridgehead atoms. The van der Waals surface area contributed by atoms with Gasteiger partial charge in [-0.2, -0.15) is 13.2 Å². The zero-order valence-corrected chi connectivity index (χ0v) is 11.0. The van der Waals surface area contributed by atoms with Gasteiger partial charge in [-0.1, -0.05) is 11.6 Å². The maximum Gasteiger partial charge on any atom is 0.451 e. The second-order valence-electron chi connectivity index (χ2n) is 4.30. The van der Waals surface area contributed by atoms with Gasteiger partial charge in [-0.3, -0.25) is 0 Å². The lowest BCUT2D eigenvalue weighted by Crippen LogP contribution is -2.47. The Labute approximate surface area is 113 Å². The van der Waals surface area contributed by atoms with Gasteiger partial charge in [0.15, 0.2) is 0 Å². The number of piperazine rings is 1. The summed E-state index contributed by atoms with van der Waals surface area (Å²) in [7, 11) is 1.99. The normalized spacial score (nSPS) is 18.6. The first kappa shape index (κ1) is 14.3. The molecular weight excluding hydrogens is 283 g/mol. The number of alkyl halides is 3. The lowest BCUT2D eigenvalue weighted by molar-refractivity contribution is -0.144. The van der Waals surface area contributed by atoms with Crippen molar-refractivity contribution in [3.63, 3.8) is 0 Å². The number of rotatable bonds is 2. The number of nitrogens with zero attached hydrogens (tertiary/aromatic N) is 4. The first-order chi connectivity index (χ1) is 8.84. The molecule has 1 aliphatic rings. The molecule has 0 aromatic carbocycles. The van der Waals surface area contributed by atoms with Crippen LogP contribution in [0.4, 0.5) is 19.0 Å². The Balaban J connectivity index is 2.10. The van der Waals surface area contributed by atoms with Crippen LogP contribution in [0.25, 0.3) is 0 Å². The summed E-state index contributed by atoms with van der Waals surface area (Å²) in [5.41, 5.74) is 2.83. The van der Waals surface area contributed by atoms with Crippen LogP contribution in [0.3, 0.4) is 0 Å². The number of likely N-dealkylation sites (N-methyl/N-ethyl adjacent to an activating group) is 1. The number of aromatic nitrogens is 2. The maximum absolute atomic E-state index is 12.5. The molecule has 2 heterocycles. The van der Waals surface area contributed by atoms with Crippen LogP contribution in [0, 0.1) is 0 Å². The van der Waals surface area contributed by atoms with E-state index >= 15 is 0 Å². The second kappa shape index (κ2) is 5.48. The van der Waals surface area contributed by atoms with E-state index < -0.39 is 12.0 Å². The molecule has 5 nitrogen and oxygen atoms in total. The van der Waals surface area contributed by atoms with Crippen molar-refractivity contribution in [1.82, 2.24) is 19.9 Å². The lowest BCUT2D eigenvalue weighted by Gasteiger charge is -2.32. The highest BCUT2D eigenvalue weighted by atomic mass is 35.5. The van der Waals surface area contributed by atoms with Crippen molar-refractivity contribution in [1.29, 1.82) is 0 Å². The fourth-order valence-corrected chi connectivity index (χ4v) is 1.87. The Kier molecular flexibility index (Phi) is 4.12. The van der Waals surface area contributed by atoms with Gasteiger partial charge in [0.05, 0.1) is 0 Å². The van der Waals surface area contributed by atoms with Gasteiger partial charge in [0.1, 0.15) is 11.0 Å². The van der Waals surface area contributed by atoms with Crippen LogP contribution in [0.2, 0.25) is 5.15 Å². The van der Waals surface area contributed by atoms with E-state index in [1.54, 1.807) is 5.01 Å². The Hall–Kier alpha value is -1.12. The minimum atomic E-state index is -4.61. The topological polar surface area (TPSA) is 44.3 Å². The summed E-state index contributed by atoms with van der Waals surface area (Å²) < 4.78 is 37.6. The van der Waals surface area contributed by atoms with Crippen molar-refractivity contribution in [2.75, 3.05) is 38.7 Å². The molecule has 1 fully saturated rings. The van der Waals surface area contributed by atoms with E-state index in [9.17, 15) is 13.2 Å². The number of hydrogen-bond donors (Lipinski definition) is 1. The van der Waals surface area contributed by atoms with Gasteiger partial charge < -0.3 is 10.3 Å². The molecule has 1 aromatic rings. The molecule has 0 atom stereocenters. The van der Waals surface area contributed by atoms with Crippen molar-refractivity contribution in [2.24, 2.45) is 0 Å². The molecular formula is C10H13ClF3N5. The van der Waals surface area contributed by atoms with E-state index in [-0.39, 0.29) is 11.0 Å². The molecule has 1 aromatic heterocycles. The molecule has 0 radical (unpaired) electrons. The summed E-state index contributed by atoms with van der Waals surface area (Å²) >= 11 is 5.58. The molecule has 0 unspecified atom stereocenters. The molecule has 1 saturated heterocycles. The minimum absolute atomic E-state index is 0.0527. The SMILES string of the molecule is CN1CCN(Nc2cc(Cl)nc(C(F)(F)F)n2)CC1. The molecule has 0 saturated carbocycles. The quantitative estimate of drug-likeness (QED) is 0.842. The third-order valence-electron chi connectivity index (χ3n) is 2.72. The van der Waals surface area contributed by atoms with Gasteiger partial charge >= 0.3 is 6.18 Å². The van der Waals surface area contributed by atoms with Gasteiger partial charge in [0.25, 0.3) is 0 Å². The third-order valence-corrected chi connectivity index (χ3v) is 2.92. The lowest BCUT2D eigenvalue weighted by atomic mass is 10.4. The van der Waals surface area contributed by atoms with E-state index in [0.29, 0.717) is 13.1 Å². The monoisotopic (exact) mass is 295 g/mol. The highest BCUT2D eigenvalue weighted by Gasteiger charge is 2.35. The second-order valence-corrected chi connectivity index (χ2v) is 4.69. The molecule has 2 rings (SSSR count). The Morgan fingerprint density at radius 3 is 2.42 bits per heavy atom. The fourth-order valence-electron chi connectivity index (χ4n) is 1.68. The van der Waals surface area contributed by atoms with E-state index in [1.165, 1.54) is 6.07 Å². The number of halogens is 4. The van der Waals surface area contributed by atoms with Gasteiger partial charge in [-0.15, -0.1) is 0 Å². The molecule has 9 heteroatoms. The summed E-state index contributed by atoms with van der Waals surface area (Å²) in [5, 5.41) is 1.57. The largest absolute Gasteiger partial charge is 0.451 e. The third kappa shape index (κ3) is 3.92. The summed E-state index contributed by atoms with van der Waals surface area (Å²) in [5.74, 6) is -1.19. The van der Waals surface area contributed by atoms with Crippen molar-refractivity contribution >= 4 is 17.4 Å². The van der Waals surface area contributed by atoms with Crippen LogP contribution in [-0.4, -0.2) is 53.1 Å². The van der Waals surface area contributed by atoms with Crippen LogP contribution < -0.4 is 5.43 Å². The molecule has 1 N–H and O–H groups in total. The number of nitrogens with one attached hydrogen (secondary N) is 1. The first-order valence-corrected chi connectivity index (χ1v) is 6.04. The highest BCUT2D eigenvalue weighted by Crippen LogP contribution is 2.28. The predicted molar refractivity (Wildman–Crippen MR) is 64.7 cm³/mol. The summed E-state index contributed by atoms with van der Waals surface area (Å²) in [6.45, 7) is 3.05. The van der Waals surface area contributed by atoms with Crippen LogP contribution in [-0.2, 0) is 6.18 Å². The Morgan fingerprint density at radius 1 is 1.21 bits per heavy atom. The van der Waals surface area contributed by atoms with E-state index in [4.69, 9.17) is 11.6 Å². The molecule has 106 valence electrons. The van der Waals surface area contributed by atoms with Crippen molar-refractivity contribution in [3.05, 3.63) is 17.0 Å². The Morgan fingerprint density at radius 2 is 1.84 bits per heavy atom. The molecule has 19 heavy (non-hydrogen) atoms. The predicted octanol–water partition coefficient (Wildman–Crippen LogP) is 1.72. The zero-order chi connectivity index (χ0) is 14.0. The highest BCUT2D eigenvalue weighted by molar-refractivity contribution is 6.29. The van der Waals surface area contributed by atoms with Gasteiger partial charge in [-0.25, -0.2) is 15.0 Å². The van der Waals surface area contributed by atoms with Crippen LogP contribution in [0.1, 0.15) is 5.82 Å². The summed E-state index contributed by atoms with van der Waals surface area (Å²) in [6, 6.07) is 1.27. The molecule has 0 spiro atoms. The number of hydrogen-bond acceptors (Lipinski definition) is 5. The standard InChI is InChI=1S/C10H13ClF3N5/c1-18-2-4-19(5-3-18)17-8-6-7(11)15-9(16-8)10(12,13)14/h6H,2-5H2,1H3,(H,15,16,17). The van der Waals surface area contributed by atoms with E-state index in [2.05, 4.69) is 20.3 Å².